The molecule has 1 aliphatic heterocycles. The van der Waals surface area contributed by atoms with Crippen molar-refractivity contribution in [1.29, 1.82) is 0 Å². The van der Waals surface area contributed by atoms with Gasteiger partial charge in [0, 0.05) is 24.6 Å². The lowest BCUT2D eigenvalue weighted by atomic mass is 9.86. The van der Waals surface area contributed by atoms with Crippen LogP contribution in [0.1, 0.15) is 38.5 Å². The fourth-order valence-electron chi connectivity index (χ4n) is 3.13. The molecule has 1 saturated heterocycles. The third kappa shape index (κ3) is 2.76. The lowest BCUT2D eigenvalue weighted by Gasteiger charge is -2.37. The summed E-state index contributed by atoms with van der Waals surface area (Å²) in [5.74, 6) is 0. The van der Waals surface area contributed by atoms with E-state index >= 15 is 0 Å². The lowest BCUT2D eigenvalue weighted by molar-refractivity contribution is 0.0453. The molecule has 0 amide bonds. The maximum Gasteiger partial charge on any atom is 0.0557 e. The molecule has 0 aromatic rings. The highest BCUT2D eigenvalue weighted by atomic mass is 16.5. The Kier molecular flexibility index (Phi) is 4.22. The van der Waals surface area contributed by atoms with Crippen LogP contribution in [-0.2, 0) is 4.74 Å². The van der Waals surface area contributed by atoms with Crippen molar-refractivity contribution in [1.82, 2.24) is 4.90 Å². The first-order valence-electron chi connectivity index (χ1n) is 6.65. The van der Waals surface area contributed by atoms with Gasteiger partial charge in [0.1, 0.15) is 0 Å². The van der Waals surface area contributed by atoms with E-state index in [0.29, 0.717) is 0 Å². The number of hydrogen-bond donors (Lipinski definition) is 1. The van der Waals surface area contributed by atoms with Crippen molar-refractivity contribution >= 4 is 0 Å². The Morgan fingerprint density at radius 2 is 2.06 bits per heavy atom. The summed E-state index contributed by atoms with van der Waals surface area (Å²) in [6.07, 6.45) is 7.83. The molecule has 0 aromatic carbocycles. The number of hydrogen-bond acceptors (Lipinski definition) is 3. The van der Waals surface area contributed by atoms with Gasteiger partial charge in [0.15, 0.2) is 0 Å². The van der Waals surface area contributed by atoms with Crippen LogP contribution in [0, 0.1) is 5.41 Å². The van der Waals surface area contributed by atoms with Crippen LogP contribution >= 0.6 is 0 Å². The van der Waals surface area contributed by atoms with Crippen LogP contribution in [0.25, 0.3) is 0 Å². The van der Waals surface area contributed by atoms with Crippen LogP contribution in [0.5, 0.6) is 0 Å². The highest BCUT2D eigenvalue weighted by molar-refractivity contribution is 4.87. The van der Waals surface area contributed by atoms with E-state index in [0.717, 1.165) is 32.2 Å². The Labute approximate surface area is 98.8 Å². The van der Waals surface area contributed by atoms with Crippen LogP contribution in [0.2, 0.25) is 0 Å². The molecule has 3 heteroatoms. The molecule has 1 unspecified atom stereocenters. The first-order chi connectivity index (χ1) is 7.76. The molecule has 0 spiro atoms. The second kappa shape index (κ2) is 5.48. The molecule has 1 atom stereocenters. The van der Waals surface area contributed by atoms with Gasteiger partial charge in [0.2, 0.25) is 0 Å². The van der Waals surface area contributed by atoms with Gasteiger partial charge < -0.3 is 14.7 Å². The molecule has 1 saturated carbocycles. The average molecular weight is 227 g/mol. The molecule has 1 N–H and O–H groups in total. The fourth-order valence-corrected chi connectivity index (χ4v) is 3.13. The van der Waals surface area contributed by atoms with Gasteiger partial charge in [-0.1, -0.05) is 19.3 Å². The van der Waals surface area contributed by atoms with Crippen molar-refractivity contribution in [2.45, 2.75) is 44.6 Å². The first-order valence-corrected chi connectivity index (χ1v) is 6.65. The summed E-state index contributed by atoms with van der Waals surface area (Å²) < 4.78 is 5.45. The standard InChI is InChI=1S/C13H25NO2/c1-14(12-5-3-2-4-6-12)9-13(10-15)7-8-16-11-13/h12,15H,2-11H2,1H3. The predicted octanol–water partition coefficient (Wildman–Crippen LogP) is 1.65. The van der Waals surface area contributed by atoms with Crippen LogP contribution in [0.15, 0.2) is 0 Å². The number of rotatable bonds is 4. The van der Waals surface area contributed by atoms with Gasteiger partial charge in [-0.25, -0.2) is 0 Å². The monoisotopic (exact) mass is 227 g/mol. The topological polar surface area (TPSA) is 32.7 Å². The molecule has 16 heavy (non-hydrogen) atoms. The number of nitrogens with zero attached hydrogens (tertiary/aromatic N) is 1. The summed E-state index contributed by atoms with van der Waals surface area (Å²) in [6.45, 7) is 2.82. The predicted molar refractivity (Wildman–Crippen MR) is 64.5 cm³/mol. The van der Waals surface area contributed by atoms with Crippen molar-refractivity contribution in [3.63, 3.8) is 0 Å². The quantitative estimate of drug-likeness (QED) is 0.792. The highest BCUT2D eigenvalue weighted by Crippen LogP contribution is 2.31. The summed E-state index contributed by atoms with van der Waals surface area (Å²) in [5, 5.41) is 9.56. The zero-order valence-electron chi connectivity index (χ0n) is 10.5. The van der Waals surface area contributed by atoms with Gasteiger partial charge in [-0.2, -0.15) is 0 Å². The van der Waals surface area contributed by atoms with Gasteiger partial charge >= 0.3 is 0 Å². The van der Waals surface area contributed by atoms with Gasteiger partial charge in [0.25, 0.3) is 0 Å². The molecule has 1 aliphatic carbocycles. The molecular weight excluding hydrogens is 202 g/mol. The molecule has 94 valence electrons. The van der Waals surface area contributed by atoms with E-state index in [9.17, 15) is 5.11 Å². The largest absolute Gasteiger partial charge is 0.396 e. The van der Waals surface area contributed by atoms with Crippen molar-refractivity contribution in [2.75, 3.05) is 33.4 Å². The number of aliphatic hydroxyl groups excluding tert-OH is 1. The van der Waals surface area contributed by atoms with E-state index in [-0.39, 0.29) is 12.0 Å². The SMILES string of the molecule is CN(CC1(CO)CCOC1)C1CCCCC1. The molecule has 0 radical (unpaired) electrons. The molecule has 0 aromatic heterocycles. The minimum atomic E-state index is 0.0200. The third-order valence-corrected chi connectivity index (χ3v) is 4.30. The van der Waals surface area contributed by atoms with Crippen molar-refractivity contribution < 1.29 is 9.84 Å². The molecule has 2 fully saturated rings. The van der Waals surface area contributed by atoms with Gasteiger partial charge in [0.05, 0.1) is 13.2 Å². The minimum Gasteiger partial charge on any atom is -0.396 e. The molecule has 1 heterocycles. The molecule has 2 rings (SSSR count). The zero-order valence-corrected chi connectivity index (χ0v) is 10.5. The second-order valence-electron chi connectivity index (χ2n) is 5.67. The molecule has 2 aliphatic rings. The van der Waals surface area contributed by atoms with Gasteiger partial charge in [-0.15, -0.1) is 0 Å². The summed E-state index contributed by atoms with van der Waals surface area (Å²) in [6, 6.07) is 0.734. The van der Waals surface area contributed by atoms with E-state index in [2.05, 4.69) is 11.9 Å². The summed E-state index contributed by atoms with van der Waals surface area (Å²) in [7, 11) is 2.21. The number of aliphatic hydroxyl groups is 1. The van der Waals surface area contributed by atoms with Crippen molar-refractivity contribution in [3.05, 3.63) is 0 Å². The Morgan fingerprint density at radius 3 is 2.62 bits per heavy atom. The summed E-state index contributed by atoms with van der Waals surface area (Å²) in [4.78, 5) is 2.46. The normalized spacial score (nSPS) is 32.4. The van der Waals surface area contributed by atoms with E-state index < -0.39 is 0 Å². The Balaban J connectivity index is 1.86. The van der Waals surface area contributed by atoms with Crippen LogP contribution in [-0.4, -0.2) is 49.5 Å². The summed E-state index contributed by atoms with van der Waals surface area (Å²) in [5.41, 5.74) is 0.0200. The molecule has 3 nitrogen and oxygen atoms in total. The smallest absolute Gasteiger partial charge is 0.0557 e. The maximum atomic E-state index is 9.56. The van der Waals surface area contributed by atoms with Gasteiger partial charge in [-0.3, -0.25) is 0 Å². The Hall–Kier alpha value is -0.120. The second-order valence-corrected chi connectivity index (χ2v) is 5.67. The molecular formula is C13H25NO2. The van der Waals surface area contributed by atoms with Crippen molar-refractivity contribution in [3.8, 4) is 0 Å². The van der Waals surface area contributed by atoms with Crippen LogP contribution in [0.4, 0.5) is 0 Å². The Bertz CT molecular complexity index is 208. The highest BCUT2D eigenvalue weighted by Gasteiger charge is 2.36. The molecule has 0 bridgehead atoms. The maximum absolute atomic E-state index is 9.56. The fraction of sp³-hybridized carbons (Fsp3) is 1.00. The first kappa shape index (κ1) is 12.3. The zero-order chi connectivity index (χ0) is 11.4. The van der Waals surface area contributed by atoms with E-state index in [4.69, 9.17) is 4.74 Å². The van der Waals surface area contributed by atoms with E-state index in [1.807, 2.05) is 0 Å². The van der Waals surface area contributed by atoms with E-state index in [1.54, 1.807) is 0 Å². The van der Waals surface area contributed by atoms with E-state index in [1.165, 1.54) is 32.1 Å². The third-order valence-electron chi connectivity index (χ3n) is 4.30. The minimum absolute atomic E-state index is 0.0200. The Morgan fingerprint density at radius 1 is 1.31 bits per heavy atom. The summed E-state index contributed by atoms with van der Waals surface area (Å²) >= 11 is 0. The van der Waals surface area contributed by atoms with Gasteiger partial charge in [-0.05, 0) is 26.3 Å². The number of ether oxygens (including phenoxy) is 1. The van der Waals surface area contributed by atoms with Crippen LogP contribution < -0.4 is 0 Å². The average Bonchev–Trinajstić information content (AvgIpc) is 2.79. The van der Waals surface area contributed by atoms with Crippen molar-refractivity contribution in [2.24, 2.45) is 5.41 Å². The van der Waals surface area contributed by atoms with Crippen LogP contribution in [0.3, 0.4) is 0 Å². The lowest BCUT2D eigenvalue weighted by Crippen LogP contribution is -2.44.